The standard InChI is InChI=1S/C9H14ClNO3/c10-4-6-14-7-5-11-8(12)2-1-3-9(11)13/h1-7H2. The molecular weight excluding hydrogens is 206 g/mol. The minimum absolute atomic E-state index is 0.0873. The van der Waals surface area contributed by atoms with Crippen LogP contribution < -0.4 is 0 Å². The molecule has 0 N–H and O–H groups in total. The molecule has 0 spiro atoms. The number of nitrogens with zero attached hydrogens (tertiary/aromatic N) is 1. The molecule has 5 heteroatoms. The summed E-state index contributed by atoms with van der Waals surface area (Å²) in [5, 5.41) is 0. The number of likely N-dealkylation sites (tertiary alicyclic amines) is 1. The van der Waals surface area contributed by atoms with E-state index < -0.39 is 0 Å². The van der Waals surface area contributed by atoms with E-state index in [0.717, 1.165) is 0 Å². The fraction of sp³-hybridized carbons (Fsp3) is 0.778. The van der Waals surface area contributed by atoms with Crippen LogP contribution in [-0.4, -0.2) is 42.4 Å². The second-order valence-electron chi connectivity index (χ2n) is 3.09. The first-order chi connectivity index (χ1) is 6.75. The van der Waals surface area contributed by atoms with Crippen molar-refractivity contribution < 1.29 is 14.3 Å². The Labute approximate surface area is 88.2 Å². The monoisotopic (exact) mass is 219 g/mol. The molecule has 14 heavy (non-hydrogen) atoms. The van der Waals surface area contributed by atoms with Gasteiger partial charge in [-0.2, -0.15) is 0 Å². The molecule has 1 heterocycles. The van der Waals surface area contributed by atoms with Gasteiger partial charge in [0.05, 0.1) is 19.8 Å². The Morgan fingerprint density at radius 1 is 1.21 bits per heavy atom. The normalized spacial score (nSPS) is 17.6. The van der Waals surface area contributed by atoms with Gasteiger partial charge in [-0.15, -0.1) is 11.6 Å². The van der Waals surface area contributed by atoms with Crippen molar-refractivity contribution in [1.82, 2.24) is 4.90 Å². The van der Waals surface area contributed by atoms with E-state index in [4.69, 9.17) is 16.3 Å². The number of rotatable bonds is 5. The topological polar surface area (TPSA) is 46.6 Å². The lowest BCUT2D eigenvalue weighted by molar-refractivity contribution is -0.148. The number of amides is 2. The van der Waals surface area contributed by atoms with E-state index in [1.807, 2.05) is 0 Å². The van der Waals surface area contributed by atoms with Crippen LogP contribution in [-0.2, 0) is 14.3 Å². The second-order valence-corrected chi connectivity index (χ2v) is 3.47. The summed E-state index contributed by atoms with van der Waals surface area (Å²) in [7, 11) is 0. The zero-order valence-electron chi connectivity index (χ0n) is 8.00. The molecule has 1 fully saturated rings. The van der Waals surface area contributed by atoms with Crippen molar-refractivity contribution >= 4 is 23.4 Å². The first-order valence-electron chi connectivity index (χ1n) is 4.72. The number of carbonyl (C=O) groups excluding carboxylic acids is 2. The lowest BCUT2D eigenvalue weighted by Crippen LogP contribution is -2.42. The summed E-state index contributed by atoms with van der Waals surface area (Å²) in [6, 6.07) is 0. The predicted octanol–water partition coefficient (Wildman–Crippen LogP) is 0.781. The van der Waals surface area contributed by atoms with E-state index in [1.165, 1.54) is 4.90 Å². The zero-order chi connectivity index (χ0) is 10.4. The van der Waals surface area contributed by atoms with Gasteiger partial charge in [0.1, 0.15) is 0 Å². The van der Waals surface area contributed by atoms with Crippen molar-refractivity contribution in [3.05, 3.63) is 0 Å². The minimum atomic E-state index is -0.0873. The average Bonchev–Trinajstić information content (AvgIpc) is 2.16. The molecule has 2 amide bonds. The quantitative estimate of drug-likeness (QED) is 0.390. The van der Waals surface area contributed by atoms with Crippen LogP contribution in [0.4, 0.5) is 0 Å². The third-order valence-corrected chi connectivity index (χ3v) is 2.22. The summed E-state index contributed by atoms with van der Waals surface area (Å²) in [6.45, 7) is 1.19. The van der Waals surface area contributed by atoms with Crippen LogP contribution >= 0.6 is 11.6 Å². The number of halogens is 1. The molecule has 80 valence electrons. The van der Waals surface area contributed by atoms with E-state index >= 15 is 0 Å². The van der Waals surface area contributed by atoms with Crippen LogP contribution in [0.15, 0.2) is 0 Å². The van der Waals surface area contributed by atoms with Gasteiger partial charge in [0, 0.05) is 18.7 Å². The highest BCUT2D eigenvalue weighted by Gasteiger charge is 2.24. The number of alkyl halides is 1. The van der Waals surface area contributed by atoms with Crippen molar-refractivity contribution in [2.24, 2.45) is 0 Å². The molecule has 1 aliphatic heterocycles. The molecule has 0 aromatic carbocycles. The summed E-state index contributed by atoms with van der Waals surface area (Å²) < 4.78 is 5.10. The lowest BCUT2D eigenvalue weighted by atomic mass is 10.1. The molecule has 0 saturated carbocycles. The average molecular weight is 220 g/mol. The van der Waals surface area contributed by atoms with Gasteiger partial charge in [-0.1, -0.05) is 0 Å². The lowest BCUT2D eigenvalue weighted by Gasteiger charge is -2.24. The van der Waals surface area contributed by atoms with Gasteiger partial charge in [0.15, 0.2) is 0 Å². The predicted molar refractivity (Wildman–Crippen MR) is 52.1 cm³/mol. The fourth-order valence-corrected chi connectivity index (χ4v) is 1.47. The summed E-state index contributed by atoms with van der Waals surface area (Å²) in [5.74, 6) is 0.258. The third-order valence-electron chi connectivity index (χ3n) is 2.06. The highest BCUT2D eigenvalue weighted by atomic mass is 35.5. The first kappa shape index (κ1) is 11.5. The molecule has 0 aromatic heterocycles. The molecule has 0 unspecified atom stereocenters. The van der Waals surface area contributed by atoms with Gasteiger partial charge in [0.2, 0.25) is 11.8 Å². The van der Waals surface area contributed by atoms with E-state index in [9.17, 15) is 9.59 Å². The van der Waals surface area contributed by atoms with Crippen LogP contribution in [0.5, 0.6) is 0 Å². The van der Waals surface area contributed by atoms with Gasteiger partial charge < -0.3 is 4.74 Å². The zero-order valence-corrected chi connectivity index (χ0v) is 8.76. The Morgan fingerprint density at radius 2 is 1.86 bits per heavy atom. The number of imide groups is 1. The fourth-order valence-electron chi connectivity index (χ4n) is 1.36. The minimum Gasteiger partial charge on any atom is -0.378 e. The number of ether oxygens (including phenoxy) is 1. The number of carbonyl (C=O) groups is 2. The maximum absolute atomic E-state index is 11.3. The number of piperidine rings is 1. The maximum atomic E-state index is 11.3. The van der Waals surface area contributed by atoms with Crippen LogP contribution in [0.25, 0.3) is 0 Å². The SMILES string of the molecule is O=C1CCCC(=O)N1CCOCCCl. The second kappa shape index (κ2) is 5.98. The van der Waals surface area contributed by atoms with Gasteiger partial charge >= 0.3 is 0 Å². The highest BCUT2D eigenvalue weighted by Crippen LogP contribution is 2.11. The van der Waals surface area contributed by atoms with Crippen molar-refractivity contribution in [2.75, 3.05) is 25.6 Å². The van der Waals surface area contributed by atoms with E-state index in [0.29, 0.717) is 44.9 Å². The van der Waals surface area contributed by atoms with Gasteiger partial charge in [-0.05, 0) is 6.42 Å². The van der Waals surface area contributed by atoms with Crippen molar-refractivity contribution in [2.45, 2.75) is 19.3 Å². The van der Waals surface area contributed by atoms with Crippen LogP contribution in [0.1, 0.15) is 19.3 Å². The molecule has 0 atom stereocenters. The van der Waals surface area contributed by atoms with Gasteiger partial charge in [-0.25, -0.2) is 0 Å². The van der Waals surface area contributed by atoms with Crippen LogP contribution in [0, 0.1) is 0 Å². The summed E-state index contributed by atoms with van der Waals surface area (Å²) in [6.07, 6.45) is 1.62. The van der Waals surface area contributed by atoms with Crippen molar-refractivity contribution in [3.63, 3.8) is 0 Å². The van der Waals surface area contributed by atoms with Gasteiger partial charge in [-0.3, -0.25) is 14.5 Å². The number of hydrogen-bond acceptors (Lipinski definition) is 3. The first-order valence-corrected chi connectivity index (χ1v) is 5.26. The Kier molecular flexibility index (Phi) is 4.90. The Balaban J connectivity index is 2.26. The van der Waals surface area contributed by atoms with E-state index in [2.05, 4.69) is 0 Å². The summed E-state index contributed by atoms with van der Waals surface area (Å²) in [5.41, 5.74) is 0. The Hall–Kier alpha value is -0.610. The molecule has 0 aromatic rings. The molecule has 0 aliphatic carbocycles. The molecule has 1 saturated heterocycles. The number of hydrogen-bond donors (Lipinski definition) is 0. The third kappa shape index (κ3) is 3.27. The van der Waals surface area contributed by atoms with Crippen molar-refractivity contribution in [1.29, 1.82) is 0 Å². The van der Waals surface area contributed by atoms with Gasteiger partial charge in [0.25, 0.3) is 0 Å². The smallest absolute Gasteiger partial charge is 0.229 e. The molecular formula is C9H14ClNO3. The van der Waals surface area contributed by atoms with Crippen molar-refractivity contribution in [3.8, 4) is 0 Å². The molecule has 0 radical (unpaired) electrons. The molecule has 0 bridgehead atoms. The van der Waals surface area contributed by atoms with Crippen LogP contribution in [0.3, 0.4) is 0 Å². The largest absolute Gasteiger partial charge is 0.378 e. The summed E-state index contributed by atoms with van der Waals surface area (Å²) in [4.78, 5) is 23.9. The summed E-state index contributed by atoms with van der Waals surface area (Å²) >= 11 is 5.41. The van der Waals surface area contributed by atoms with Crippen LogP contribution in [0.2, 0.25) is 0 Å². The van der Waals surface area contributed by atoms with E-state index in [-0.39, 0.29) is 11.8 Å². The highest BCUT2D eigenvalue weighted by molar-refractivity contribution is 6.17. The van der Waals surface area contributed by atoms with E-state index in [1.54, 1.807) is 0 Å². The molecule has 1 aliphatic rings. The Bertz CT molecular complexity index is 204. The molecule has 1 rings (SSSR count). The molecule has 4 nitrogen and oxygen atoms in total. The maximum Gasteiger partial charge on any atom is 0.229 e. The Morgan fingerprint density at radius 3 is 2.43 bits per heavy atom.